The van der Waals surface area contributed by atoms with Gasteiger partial charge in [-0.25, -0.2) is 0 Å². The number of nitrogens with one attached hydrogen (secondary N) is 1. The minimum atomic E-state index is 0.731. The average molecular weight is 256 g/mol. The zero-order valence-corrected chi connectivity index (χ0v) is 11.9. The highest BCUT2D eigenvalue weighted by Gasteiger charge is 2.39. The van der Waals surface area contributed by atoms with Crippen LogP contribution in [0.1, 0.15) is 55.3 Å². The van der Waals surface area contributed by atoms with Crippen molar-refractivity contribution in [2.45, 2.75) is 64.3 Å². The number of pyridine rings is 1. The maximum atomic E-state index is 4.63. The van der Waals surface area contributed by atoms with Crippen LogP contribution in [-0.4, -0.2) is 11.0 Å². The molecule has 2 nitrogen and oxygen atoms in total. The monoisotopic (exact) mass is 256 g/mol. The number of aromatic nitrogens is 1. The lowest BCUT2D eigenvalue weighted by Gasteiger charge is -2.27. The molecule has 1 N–H and O–H groups in total. The van der Waals surface area contributed by atoms with E-state index in [-0.39, 0.29) is 0 Å². The number of anilines is 1. The summed E-state index contributed by atoms with van der Waals surface area (Å²) in [7, 11) is 0. The first-order valence-corrected chi connectivity index (χ1v) is 8.05. The topological polar surface area (TPSA) is 24.9 Å². The van der Waals surface area contributed by atoms with Crippen LogP contribution in [0, 0.1) is 18.8 Å². The lowest BCUT2D eigenvalue weighted by molar-refractivity contribution is 0.439. The first-order valence-electron chi connectivity index (χ1n) is 8.05. The molecule has 2 heteroatoms. The van der Waals surface area contributed by atoms with Crippen LogP contribution in [0.25, 0.3) is 0 Å². The Morgan fingerprint density at radius 2 is 1.95 bits per heavy atom. The first kappa shape index (κ1) is 11.7. The maximum absolute atomic E-state index is 4.63. The van der Waals surface area contributed by atoms with Crippen LogP contribution in [0.3, 0.4) is 0 Å². The second kappa shape index (κ2) is 4.50. The van der Waals surface area contributed by atoms with E-state index in [1.807, 2.05) is 0 Å². The Balaban J connectivity index is 1.61. The van der Waals surface area contributed by atoms with Crippen LogP contribution in [-0.2, 0) is 12.8 Å². The third-order valence-electron chi connectivity index (χ3n) is 5.70. The molecule has 0 spiro atoms. The quantitative estimate of drug-likeness (QED) is 0.869. The zero-order valence-electron chi connectivity index (χ0n) is 11.9. The maximum Gasteiger partial charge on any atom is 0.0564 e. The van der Waals surface area contributed by atoms with Gasteiger partial charge in [0.25, 0.3) is 0 Å². The number of hydrogen-bond donors (Lipinski definition) is 1. The van der Waals surface area contributed by atoms with E-state index in [0.29, 0.717) is 0 Å². The van der Waals surface area contributed by atoms with Crippen LogP contribution >= 0.6 is 0 Å². The van der Waals surface area contributed by atoms with Gasteiger partial charge in [0.05, 0.1) is 11.9 Å². The Morgan fingerprint density at radius 3 is 2.68 bits per heavy atom. The standard InChI is InChI=1S/C17H24N2/c1-11-14-4-2-3-5-15(14)17(10-18-11)19-16-9-12-6-7-13(16)8-12/h10,12-13,16,19H,2-9H2,1H3/t12-,13+,16+/m0/s1. The molecular weight excluding hydrogens is 232 g/mol. The molecule has 0 unspecified atom stereocenters. The molecule has 2 bridgehead atoms. The Bertz CT molecular complexity index is 494. The fourth-order valence-corrected chi connectivity index (χ4v) is 4.66. The smallest absolute Gasteiger partial charge is 0.0564 e. The molecule has 0 amide bonds. The van der Waals surface area contributed by atoms with Crippen LogP contribution in [0.5, 0.6) is 0 Å². The average Bonchev–Trinajstić information content (AvgIpc) is 3.05. The first-order chi connectivity index (χ1) is 9.31. The molecule has 3 aliphatic rings. The van der Waals surface area contributed by atoms with Crippen molar-refractivity contribution in [1.82, 2.24) is 4.98 Å². The van der Waals surface area contributed by atoms with Crippen LogP contribution in [0.4, 0.5) is 5.69 Å². The normalized spacial score (nSPS) is 32.4. The molecule has 1 aromatic heterocycles. The molecule has 0 aliphatic heterocycles. The molecule has 2 fully saturated rings. The third-order valence-corrected chi connectivity index (χ3v) is 5.70. The van der Waals surface area contributed by atoms with Crippen molar-refractivity contribution < 1.29 is 0 Å². The fourth-order valence-electron chi connectivity index (χ4n) is 4.66. The molecule has 2 saturated carbocycles. The summed E-state index contributed by atoms with van der Waals surface area (Å²) in [6.45, 7) is 2.17. The highest BCUT2D eigenvalue weighted by atomic mass is 15.0. The molecule has 19 heavy (non-hydrogen) atoms. The van der Waals surface area contributed by atoms with E-state index in [2.05, 4.69) is 23.4 Å². The molecule has 4 rings (SSSR count). The predicted octanol–water partition coefficient (Wildman–Crippen LogP) is 3.87. The van der Waals surface area contributed by atoms with E-state index >= 15 is 0 Å². The highest BCUT2D eigenvalue weighted by molar-refractivity contribution is 5.56. The van der Waals surface area contributed by atoms with Crippen molar-refractivity contribution in [3.8, 4) is 0 Å². The molecule has 0 saturated heterocycles. The van der Waals surface area contributed by atoms with Gasteiger partial charge in [0.15, 0.2) is 0 Å². The summed E-state index contributed by atoms with van der Waals surface area (Å²) in [6.07, 6.45) is 13.1. The Kier molecular flexibility index (Phi) is 2.78. The number of nitrogens with zero attached hydrogens (tertiary/aromatic N) is 1. The van der Waals surface area contributed by atoms with Gasteiger partial charge in [-0.2, -0.15) is 0 Å². The van der Waals surface area contributed by atoms with Crippen molar-refractivity contribution >= 4 is 5.69 Å². The number of fused-ring (bicyclic) bond motifs is 3. The summed E-state index contributed by atoms with van der Waals surface area (Å²) in [5.41, 5.74) is 5.74. The Morgan fingerprint density at radius 1 is 1.11 bits per heavy atom. The molecule has 102 valence electrons. The summed E-state index contributed by atoms with van der Waals surface area (Å²) >= 11 is 0. The summed E-state index contributed by atoms with van der Waals surface area (Å²) in [5.74, 6) is 1.95. The Labute approximate surface area is 116 Å². The van der Waals surface area contributed by atoms with Crippen molar-refractivity contribution in [1.29, 1.82) is 0 Å². The molecule has 1 aromatic rings. The van der Waals surface area contributed by atoms with E-state index in [1.165, 1.54) is 62.7 Å². The summed E-state index contributed by atoms with van der Waals surface area (Å²) in [5, 5.41) is 3.87. The largest absolute Gasteiger partial charge is 0.381 e. The van der Waals surface area contributed by atoms with E-state index in [9.17, 15) is 0 Å². The number of aryl methyl sites for hydroxylation is 1. The van der Waals surface area contributed by atoms with Gasteiger partial charge in [-0.3, -0.25) is 4.98 Å². The summed E-state index contributed by atoms with van der Waals surface area (Å²) in [4.78, 5) is 4.63. The lowest BCUT2D eigenvalue weighted by Crippen LogP contribution is -2.27. The highest BCUT2D eigenvalue weighted by Crippen LogP contribution is 2.46. The van der Waals surface area contributed by atoms with Gasteiger partial charge in [0, 0.05) is 11.7 Å². The van der Waals surface area contributed by atoms with Gasteiger partial charge < -0.3 is 5.32 Å². The Hall–Kier alpha value is -1.05. The molecule has 0 radical (unpaired) electrons. The van der Waals surface area contributed by atoms with Crippen molar-refractivity contribution in [3.05, 3.63) is 23.0 Å². The van der Waals surface area contributed by atoms with Gasteiger partial charge >= 0.3 is 0 Å². The predicted molar refractivity (Wildman–Crippen MR) is 78.5 cm³/mol. The second-order valence-corrected chi connectivity index (χ2v) is 6.85. The SMILES string of the molecule is Cc1ncc(N[C@@H]2C[C@H]3CC[C@@H]2C3)c2c1CCCC2. The second-order valence-electron chi connectivity index (χ2n) is 6.85. The van der Waals surface area contributed by atoms with Gasteiger partial charge in [-0.15, -0.1) is 0 Å². The van der Waals surface area contributed by atoms with Gasteiger partial charge in [0.2, 0.25) is 0 Å². The minimum absolute atomic E-state index is 0.731. The van der Waals surface area contributed by atoms with Crippen LogP contribution in [0.15, 0.2) is 6.20 Å². The van der Waals surface area contributed by atoms with Gasteiger partial charge in [-0.1, -0.05) is 6.42 Å². The molecule has 3 aliphatic carbocycles. The lowest BCUT2D eigenvalue weighted by atomic mass is 9.89. The third kappa shape index (κ3) is 1.96. The fraction of sp³-hybridized carbons (Fsp3) is 0.706. The van der Waals surface area contributed by atoms with Crippen molar-refractivity contribution in [2.75, 3.05) is 5.32 Å². The van der Waals surface area contributed by atoms with Crippen molar-refractivity contribution in [2.24, 2.45) is 11.8 Å². The number of rotatable bonds is 2. The zero-order chi connectivity index (χ0) is 12.8. The van der Waals surface area contributed by atoms with Gasteiger partial charge in [0.1, 0.15) is 0 Å². The molecular formula is C17H24N2. The number of hydrogen-bond acceptors (Lipinski definition) is 2. The molecule has 0 aromatic carbocycles. The van der Waals surface area contributed by atoms with E-state index in [4.69, 9.17) is 0 Å². The van der Waals surface area contributed by atoms with Crippen molar-refractivity contribution in [3.63, 3.8) is 0 Å². The van der Waals surface area contributed by atoms with Gasteiger partial charge in [-0.05, 0) is 74.8 Å². The minimum Gasteiger partial charge on any atom is -0.381 e. The van der Waals surface area contributed by atoms with Crippen LogP contribution < -0.4 is 5.32 Å². The summed E-state index contributed by atoms with van der Waals surface area (Å²) < 4.78 is 0. The molecule has 1 heterocycles. The summed E-state index contributed by atoms with van der Waals surface area (Å²) in [6, 6.07) is 0.731. The van der Waals surface area contributed by atoms with Crippen LogP contribution in [0.2, 0.25) is 0 Å². The van der Waals surface area contributed by atoms with E-state index in [0.717, 1.165) is 17.9 Å². The van der Waals surface area contributed by atoms with E-state index < -0.39 is 0 Å². The molecule has 3 atom stereocenters. The van der Waals surface area contributed by atoms with E-state index in [1.54, 1.807) is 11.1 Å².